The fourth-order valence-corrected chi connectivity index (χ4v) is 2.23. The molecule has 0 bridgehead atoms. The molecule has 3 nitrogen and oxygen atoms in total. The fraction of sp³-hybridized carbons (Fsp3) is 0.727. The second-order valence-electron chi connectivity index (χ2n) is 3.75. The number of carbonyl (C=O) groups excluding carboxylic acids is 1. The molecule has 1 atom stereocenters. The Kier molecular flexibility index (Phi) is 5.32. The quantitative estimate of drug-likeness (QED) is 0.738. The summed E-state index contributed by atoms with van der Waals surface area (Å²) >= 11 is 3.34. The molecule has 1 aliphatic heterocycles. The number of likely N-dealkylation sites (tertiary alicyclic amines) is 1. The summed E-state index contributed by atoms with van der Waals surface area (Å²) in [6, 6.07) is -0.0759. The number of ether oxygens (including phenoxy) is 1. The molecule has 0 radical (unpaired) electrons. The van der Waals surface area contributed by atoms with Crippen molar-refractivity contribution in [3.8, 4) is 0 Å². The molecular weight excluding hydrogens is 258 g/mol. The van der Waals surface area contributed by atoms with E-state index in [9.17, 15) is 4.79 Å². The van der Waals surface area contributed by atoms with Crippen molar-refractivity contribution < 1.29 is 9.53 Å². The summed E-state index contributed by atoms with van der Waals surface area (Å²) in [5, 5.41) is 0. The van der Waals surface area contributed by atoms with Crippen molar-refractivity contribution in [3.63, 3.8) is 0 Å². The zero-order valence-corrected chi connectivity index (χ0v) is 10.8. The van der Waals surface area contributed by atoms with Gasteiger partial charge in [-0.05, 0) is 26.3 Å². The summed E-state index contributed by atoms with van der Waals surface area (Å²) < 4.78 is 5.98. The molecule has 0 spiro atoms. The maximum atomic E-state index is 11.7. The highest BCUT2D eigenvalue weighted by Crippen LogP contribution is 2.20. The lowest BCUT2D eigenvalue weighted by atomic mass is 10.0. The van der Waals surface area contributed by atoms with Crippen molar-refractivity contribution in [2.75, 3.05) is 19.7 Å². The Hall–Kier alpha value is -0.350. The molecule has 0 aromatic heterocycles. The highest BCUT2D eigenvalue weighted by molar-refractivity contribution is 9.11. The molecule has 86 valence electrons. The number of carbonyl (C=O) groups is 1. The standard InChI is InChI=1S/C11H18BrNO2/c1-3-15-11(14)10-6-4-5-7-13(10)8-9(2)12/h10H,2-8H2,1H3. The molecule has 0 N–H and O–H groups in total. The molecule has 0 aromatic rings. The zero-order valence-electron chi connectivity index (χ0n) is 9.17. The number of hydrogen-bond donors (Lipinski definition) is 0. The summed E-state index contributed by atoms with van der Waals surface area (Å²) in [6.07, 6.45) is 3.16. The van der Waals surface area contributed by atoms with Crippen LogP contribution in [-0.2, 0) is 9.53 Å². The van der Waals surface area contributed by atoms with Gasteiger partial charge in [0, 0.05) is 11.0 Å². The SMILES string of the molecule is C=C(Br)CN1CCCCC1C(=O)OCC. The summed E-state index contributed by atoms with van der Waals surface area (Å²) in [4.78, 5) is 13.8. The van der Waals surface area contributed by atoms with Gasteiger partial charge in [0.25, 0.3) is 0 Å². The van der Waals surface area contributed by atoms with E-state index in [1.807, 2.05) is 6.92 Å². The van der Waals surface area contributed by atoms with Crippen LogP contribution >= 0.6 is 15.9 Å². The number of hydrogen-bond acceptors (Lipinski definition) is 3. The Balaban J connectivity index is 2.56. The molecule has 1 fully saturated rings. The average molecular weight is 276 g/mol. The monoisotopic (exact) mass is 275 g/mol. The predicted molar refractivity (Wildman–Crippen MR) is 63.9 cm³/mol. The van der Waals surface area contributed by atoms with Crippen LogP contribution in [0.4, 0.5) is 0 Å². The fourth-order valence-electron chi connectivity index (χ4n) is 1.91. The molecule has 1 unspecified atom stereocenters. The smallest absolute Gasteiger partial charge is 0.323 e. The van der Waals surface area contributed by atoms with E-state index < -0.39 is 0 Å². The van der Waals surface area contributed by atoms with Gasteiger partial charge < -0.3 is 4.74 Å². The first-order valence-corrected chi connectivity index (χ1v) is 6.18. The first-order valence-electron chi connectivity index (χ1n) is 5.39. The lowest BCUT2D eigenvalue weighted by molar-refractivity contribution is -0.150. The number of halogens is 1. The van der Waals surface area contributed by atoms with Crippen molar-refractivity contribution >= 4 is 21.9 Å². The lowest BCUT2D eigenvalue weighted by Crippen LogP contribution is -2.45. The second-order valence-corrected chi connectivity index (χ2v) is 4.87. The lowest BCUT2D eigenvalue weighted by Gasteiger charge is -2.33. The van der Waals surface area contributed by atoms with Gasteiger partial charge in [-0.25, -0.2) is 0 Å². The number of piperidine rings is 1. The molecule has 4 heteroatoms. The summed E-state index contributed by atoms with van der Waals surface area (Å²) in [5.41, 5.74) is 0. The van der Waals surface area contributed by atoms with Crippen LogP contribution in [0.15, 0.2) is 11.1 Å². The highest BCUT2D eigenvalue weighted by atomic mass is 79.9. The van der Waals surface area contributed by atoms with Crippen molar-refractivity contribution in [1.29, 1.82) is 0 Å². The Morgan fingerprint density at radius 2 is 2.33 bits per heavy atom. The molecule has 0 aliphatic carbocycles. The van der Waals surface area contributed by atoms with Crippen molar-refractivity contribution in [2.24, 2.45) is 0 Å². The third-order valence-corrected chi connectivity index (χ3v) is 2.80. The molecule has 1 rings (SSSR count). The van der Waals surface area contributed by atoms with Crippen LogP contribution in [0.2, 0.25) is 0 Å². The molecule has 15 heavy (non-hydrogen) atoms. The number of nitrogens with zero attached hydrogens (tertiary/aromatic N) is 1. The van der Waals surface area contributed by atoms with Gasteiger partial charge in [0.2, 0.25) is 0 Å². The minimum absolute atomic E-state index is 0.0759. The van der Waals surface area contributed by atoms with Crippen LogP contribution in [0.1, 0.15) is 26.2 Å². The molecular formula is C11H18BrNO2. The maximum Gasteiger partial charge on any atom is 0.323 e. The molecule has 0 amide bonds. The van der Waals surface area contributed by atoms with Crippen LogP contribution in [0.5, 0.6) is 0 Å². The number of rotatable bonds is 4. The van der Waals surface area contributed by atoms with Gasteiger partial charge in [0.1, 0.15) is 6.04 Å². The van der Waals surface area contributed by atoms with Crippen LogP contribution in [0, 0.1) is 0 Å². The van der Waals surface area contributed by atoms with E-state index in [0.717, 1.165) is 36.8 Å². The van der Waals surface area contributed by atoms with Gasteiger partial charge in [-0.2, -0.15) is 0 Å². The number of esters is 1. The van der Waals surface area contributed by atoms with Crippen molar-refractivity contribution in [1.82, 2.24) is 4.90 Å². The first kappa shape index (κ1) is 12.7. The summed E-state index contributed by atoms with van der Waals surface area (Å²) in [5.74, 6) is -0.0917. The van der Waals surface area contributed by atoms with Gasteiger partial charge in [-0.15, -0.1) is 0 Å². The Labute approximate surface area is 99.6 Å². The van der Waals surface area contributed by atoms with E-state index in [2.05, 4.69) is 27.4 Å². The zero-order chi connectivity index (χ0) is 11.3. The normalized spacial score (nSPS) is 22.4. The first-order chi connectivity index (χ1) is 7.15. The van der Waals surface area contributed by atoms with Crippen LogP contribution in [0.3, 0.4) is 0 Å². The molecule has 1 aliphatic rings. The van der Waals surface area contributed by atoms with Gasteiger partial charge >= 0.3 is 5.97 Å². The van der Waals surface area contributed by atoms with Crippen LogP contribution < -0.4 is 0 Å². The molecule has 1 heterocycles. The van der Waals surface area contributed by atoms with Gasteiger partial charge in [0.05, 0.1) is 6.61 Å². The van der Waals surface area contributed by atoms with Gasteiger partial charge in [-0.1, -0.05) is 28.9 Å². The minimum Gasteiger partial charge on any atom is -0.465 e. The van der Waals surface area contributed by atoms with E-state index in [0.29, 0.717) is 6.61 Å². The van der Waals surface area contributed by atoms with Crippen molar-refractivity contribution in [2.45, 2.75) is 32.2 Å². The van der Waals surface area contributed by atoms with E-state index in [4.69, 9.17) is 4.74 Å². The molecule has 1 saturated heterocycles. The molecule has 0 saturated carbocycles. The third-order valence-electron chi connectivity index (χ3n) is 2.55. The Morgan fingerprint density at radius 1 is 1.60 bits per heavy atom. The Morgan fingerprint density at radius 3 is 2.93 bits per heavy atom. The predicted octanol–water partition coefficient (Wildman–Crippen LogP) is 2.31. The average Bonchev–Trinajstić information content (AvgIpc) is 2.18. The van der Waals surface area contributed by atoms with E-state index in [1.165, 1.54) is 0 Å². The van der Waals surface area contributed by atoms with Gasteiger partial charge in [-0.3, -0.25) is 9.69 Å². The van der Waals surface area contributed by atoms with Crippen LogP contribution in [0.25, 0.3) is 0 Å². The summed E-state index contributed by atoms with van der Waals surface area (Å²) in [6.45, 7) is 7.79. The van der Waals surface area contributed by atoms with E-state index >= 15 is 0 Å². The highest BCUT2D eigenvalue weighted by Gasteiger charge is 2.29. The maximum absolute atomic E-state index is 11.7. The Bertz CT molecular complexity index is 243. The third kappa shape index (κ3) is 3.95. The second kappa shape index (κ2) is 6.28. The largest absolute Gasteiger partial charge is 0.465 e. The minimum atomic E-state index is -0.0917. The molecule has 0 aromatic carbocycles. The van der Waals surface area contributed by atoms with Crippen molar-refractivity contribution in [3.05, 3.63) is 11.1 Å². The topological polar surface area (TPSA) is 29.5 Å². The van der Waals surface area contributed by atoms with E-state index in [1.54, 1.807) is 0 Å². The van der Waals surface area contributed by atoms with E-state index in [-0.39, 0.29) is 12.0 Å². The van der Waals surface area contributed by atoms with Gasteiger partial charge in [0.15, 0.2) is 0 Å². The summed E-state index contributed by atoms with van der Waals surface area (Å²) in [7, 11) is 0. The van der Waals surface area contributed by atoms with Crippen LogP contribution in [-0.4, -0.2) is 36.6 Å².